The Morgan fingerprint density at radius 2 is 1.05 bits per heavy atom. The van der Waals surface area contributed by atoms with Crippen LogP contribution in [0.3, 0.4) is 0 Å². The lowest BCUT2D eigenvalue weighted by atomic mass is 10.1. The van der Waals surface area contributed by atoms with Crippen molar-refractivity contribution in [3.63, 3.8) is 0 Å². The molecular formula is C19H38O2. The van der Waals surface area contributed by atoms with Gasteiger partial charge in [-0.1, -0.05) is 90.9 Å². The Morgan fingerprint density at radius 1 is 0.619 bits per heavy atom. The van der Waals surface area contributed by atoms with Gasteiger partial charge >= 0.3 is 5.97 Å². The van der Waals surface area contributed by atoms with E-state index in [0.29, 0.717) is 13.0 Å². The summed E-state index contributed by atoms with van der Waals surface area (Å²) in [5, 5.41) is 0. The molecule has 2 heteroatoms. The Hall–Kier alpha value is -0.530. The molecule has 0 saturated heterocycles. The highest BCUT2D eigenvalue weighted by Crippen LogP contribution is 2.10. The molecular weight excluding hydrogens is 260 g/mol. The Morgan fingerprint density at radius 3 is 1.57 bits per heavy atom. The number of carbonyl (C=O) groups is 1. The molecule has 0 spiro atoms. The Labute approximate surface area is 133 Å². The summed E-state index contributed by atoms with van der Waals surface area (Å²) in [4.78, 5) is 11.5. The third-order valence-electron chi connectivity index (χ3n) is 4.00. The van der Waals surface area contributed by atoms with Crippen LogP contribution >= 0.6 is 0 Å². The largest absolute Gasteiger partial charge is 0.466 e. The summed E-state index contributed by atoms with van der Waals surface area (Å²) < 4.78 is 5.27. The molecule has 0 aromatic carbocycles. The van der Waals surface area contributed by atoms with E-state index < -0.39 is 0 Å². The number of rotatable bonds is 16. The number of unbranched alkanes of at least 4 members (excludes halogenated alkanes) is 12. The second kappa shape index (κ2) is 17.5. The van der Waals surface area contributed by atoms with Crippen molar-refractivity contribution in [3.8, 4) is 0 Å². The van der Waals surface area contributed by atoms with Crippen LogP contribution in [-0.4, -0.2) is 12.6 Å². The molecule has 0 saturated carbocycles. The van der Waals surface area contributed by atoms with Gasteiger partial charge in [0.25, 0.3) is 0 Å². The maximum Gasteiger partial charge on any atom is 0.305 e. The molecule has 0 aliphatic heterocycles. The second-order valence-electron chi connectivity index (χ2n) is 6.21. The van der Waals surface area contributed by atoms with Crippen LogP contribution in [0.5, 0.6) is 0 Å². The minimum Gasteiger partial charge on any atom is -0.466 e. The van der Waals surface area contributed by atoms with Gasteiger partial charge in [-0.25, -0.2) is 0 Å². The molecule has 0 rings (SSSR count). The van der Waals surface area contributed by atoms with E-state index in [1.807, 2.05) is 0 Å². The van der Waals surface area contributed by atoms with Crippen molar-refractivity contribution in [2.24, 2.45) is 0 Å². The van der Waals surface area contributed by atoms with Crippen LogP contribution in [0.15, 0.2) is 0 Å². The van der Waals surface area contributed by atoms with Crippen LogP contribution in [-0.2, 0) is 9.53 Å². The van der Waals surface area contributed by atoms with E-state index in [-0.39, 0.29) is 5.97 Å². The summed E-state index contributed by atoms with van der Waals surface area (Å²) in [6, 6.07) is 0. The maximum atomic E-state index is 11.5. The van der Waals surface area contributed by atoms with E-state index >= 15 is 0 Å². The first kappa shape index (κ1) is 20.5. The van der Waals surface area contributed by atoms with Gasteiger partial charge < -0.3 is 4.74 Å². The molecule has 21 heavy (non-hydrogen) atoms. The summed E-state index contributed by atoms with van der Waals surface area (Å²) in [5.74, 6) is 0.00883. The maximum absolute atomic E-state index is 11.5. The minimum absolute atomic E-state index is 0.00883. The summed E-state index contributed by atoms with van der Waals surface area (Å²) in [7, 11) is 0. The molecule has 0 aliphatic carbocycles. The van der Waals surface area contributed by atoms with E-state index in [1.54, 1.807) is 0 Å². The number of hydrogen-bond donors (Lipinski definition) is 0. The Bertz CT molecular complexity index is 214. The first-order valence-corrected chi connectivity index (χ1v) is 9.46. The van der Waals surface area contributed by atoms with Crippen LogP contribution in [0.25, 0.3) is 0 Å². The fourth-order valence-corrected chi connectivity index (χ4v) is 2.54. The predicted molar refractivity (Wildman–Crippen MR) is 91.6 cm³/mol. The molecule has 0 atom stereocenters. The van der Waals surface area contributed by atoms with Crippen LogP contribution in [0.4, 0.5) is 0 Å². The van der Waals surface area contributed by atoms with E-state index in [2.05, 4.69) is 13.8 Å². The van der Waals surface area contributed by atoms with Gasteiger partial charge in [-0.3, -0.25) is 4.79 Å². The van der Waals surface area contributed by atoms with Crippen molar-refractivity contribution in [1.29, 1.82) is 0 Å². The monoisotopic (exact) mass is 298 g/mol. The van der Waals surface area contributed by atoms with E-state index in [4.69, 9.17) is 4.74 Å². The van der Waals surface area contributed by atoms with Crippen molar-refractivity contribution in [3.05, 3.63) is 0 Å². The number of ether oxygens (including phenoxy) is 1. The van der Waals surface area contributed by atoms with Gasteiger partial charge in [0.15, 0.2) is 0 Å². The SMILES string of the molecule is CCCCCCCCCCC(=O)OCCCCCCCC. The van der Waals surface area contributed by atoms with Crippen LogP contribution in [0.2, 0.25) is 0 Å². The van der Waals surface area contributed by atoms with Crippen molar-refractivity contribution in [2.45, 2.75) is 110 Å². The molecule has 0 aromatic rings. The van der Waals surface area contributed by atoms with E-state index in [0.717, 1.165) is 12.8 Å². The summed E-state index contributed by atoms with van der Waals surface area (Å²) in [6.45, 7) is 5.10. The van der Waals surface area contributed by atoms with Gasteiger partial charge in [-0.2, -0.15) is 0 Å². The van der Waals surface area contributed by atoms with Crippen molar-refractivity contribution in [1.82, 2.24) is 0 Å². The number of esters is 1. The van der Waals surface area contributed by atoms with Gasteiger partial charge in [0, 0.05) is 6.42 Å². The summed E-state index contributed by atoms with van der Waals surface area (Å²) in [6.07, 6.45) is 18.3. The lowest BCUT2D eigenvalue weighted by molar-refractivity contribution is -0.143. The molecule has 0 unspecified atom stereocenters. The first-order chi connectivity index (χ1) is 10.3. The first-order valence-electron chi connectivity index (χ1n) is 9.46. The molecule has 0 radical (unpaired) electrons. The van der Waals surface area contributed by atoms with Gasteiger partial charge in [0.1, 0.15) is 0 Å². The van der Waals surface area contributed by atoms with E-state index in [9.17, 15) is 4.79 Å². The molecule has 2 nitrogen and oxygen atoms in total. The van der Waals surface area contributed by atoms with Crippen molar-refractivity contribution >= 4 is 5.97 Å². The molecule has 0 amide bonds. The molecule has 0 fully saturated rings. The fraction of sp³-hybridized carbons (Fsp3) is 0.947. The highest BCUT2D eigenvalue weighted by molar-refractivity contribution is 5.69. The quantitative estimate of drug-likeness (QED) is 0.243. The summed E-state index contributed by atoms with van der Waals surface area (Å²) in [5.41, 5.74) is 0. The zero-order valence-corrected chi connectivity index (χ0v) is 14.6. The standard InChI is InChI=1S/C19H38O2/c1-3-5-7-9-11-12-13-15-17-19(20)21-18-16-14-10-8-6-4-2/h3-18H2,1-2H3. The minimum atomic E-state index is 0.00883. The predicted octanol–water partition coefficient (Wildman–Crippen LogP) is 6.42. The smallest absolute Gasteiger partial charge is 0.305 e. The summed E-state index contributed by atoms with van der Waals surface area (Å²) >= 11 is 0. The van der Waals surface area contributed by atoms with Gasteiger partial charge in [0.05, 0.1) is 6.61 Å². The zero-order chi connectivity index (χ0) is 15.6. The lowest BCUT2D eigenvalue weighted by Gasteiger charge is -2.05. The third-order valence-corrected chi connectivity index (χ3v) is 4.00. The highest BCUT2D eigenvalue weighted by atomic mass is 16.5. The van der Waals surface area contributed by atoms with Gasteiger partial charge in [-0.05, 0) is 12.8 Å². The van der Waals surface area contributed by atoms with Crippen LogP contribution in [0.1, 0.15) is 110 Å². The van der Waals surface area contributed by atoms with Gasteiger partial charge in [-0.15, -0.1) is 0 Å². The van der Waals surface area contributed by atoms with Crippen molar-refractivity contribution < 1.29 is 9.53 Å². The molecule has 0 bridgehead atoms. The zero-order valence-electron chi connectivity index (χ0n) is 14.6. The van der Waals surface area contributed by atoms with Crippen LogP contribution in [0, 0.1) is 0 Å². The van der Waals surface area contributed by atoms with Gasteiger partial charge in [0.2, 0.25) is 0 Å². The average Bonchev–Trinajstić information content (AvgIpc) is 2.49. The third kappa shape index (κ3) is 17.4. The molecule has 0 heterocycles. The molecule has 0 aromatic heterocycles. The average molecular weight is 299 g/mol. The molecule has 126 valence electrons. The lowest BCUT2D eigenvalue weighted by Crippen LogP contribution is -2.05. The highest BCUT2D eigenvalue weighted by Gasteiger charge is 2.02. The molecule has 0 aliphatic rings. The van der Waals surface area contributed by atoms with Crippen LogP contribution < -0.4 is 0 Å². The van der Waals surface area contributed by atoms with Crippen molar-refractivity contribution in [2.75, 3.05) is 6.61 Å². The number of carbonyl (C=O) groups excluding carboxylic acids is 1. The number of hydrogen-bond acceptors (Lipinski definition) is 2. The van der Waals surface area contributed by atoms with E-state index in [1.165, 1.54) is 77.0 Å². The Balaban J connectivity index is 3.13. The Kier molecular flexibility index (Phi) is 17.1. The fourth-order valence-electron chi connectivity index (χ4n) is 2.54. The molecule has 0 N–H and O–H groups in total. The second-order valence-corrected chi connectivity index (χ2v) is 6.21. The topological polar surface area (TPSA) is 26.3 Å². The normalized spacial score (nSPS) is 10.8.